The van der Waals surface area contributed by atoms with Gasteiger partial charge in [-0.1, -0.05) is 30.3 Å². The Morgan fingerprint density at radius 2 is 1.93 bits per heavy atom. The van der Waals surface area contributed by atoms with Gasteiger partial charge in [0.05, 0.1) is 18.7 Å². The number of nitrogens with one attached hydrogen (secondary N) is 3. The van der Waals surface area contributed by atoms with Crippen molar-refractivity contribution >= 4 is 24.3 Å². The minimum absolute atomic E-state index is 0. The number of nitrogens with zero attached hydrogens (tertiary/aromatic N) is 2. The number of aromatic hydroxyl groups is 1. The highest BCUT2D eigenvalue weighted by molar-refractivity contribution is 5.85. The molecule has 1 amide bonds. The monoisotopic (exact) mass is 595 g/mol. The number of anilines is 1. The summed E-state index contributed by atoms with van der Waals surface area (Å²) in [5.74, 6) is -0.171. The molecule has 0 unspecified atom stereocenters. The molecule has 1 aliphatic rings. The molecule has 1 fully saturated rings. The lowest BCUT2D eigenvalue weighted by Gasteiger charge is -2.26. The van der Waals surface area contributed by atoms with Gasteiger partial charge in [-0.15, -0.1) is 22.6 Å². The van der Waals surface area contributed by atoms with Crippen LogP contribution < -0.4 is 16.0 Å². The predicted octanol–water partition coefficient (Wildman–Crippen LogP) is 5.33. The highest BCUT2D eigenvalue weighted by Crippen LogP contribution is 2.41. The number of benzene rings is 2. The second-order valence-corrected chi connectivity index (χ2v) is 9.56. The number of halogens is 4. The van der Waals surface area contributed by atoms with E-state index in [1.54, 1.807) is 6.92 Å². The number of piperidine rings is 1. The first-order chi connectivity index (χ1) is 19.2. The third-order valence-electron chi connectivity index (χ3n) is 6.67. The molecule has 0 saturated carbocycles. The number of carbonyl (C=O) groups excluding carboxylic acids is 1. The van der Waals surface area contributed by atoms with Crippen LogP contribution >= 0.6 is 12.4 Å². The lowest BCUT2D eigenvalue weighted by atomic mass is 9.95. The van der Waals surface area contributed by atoms with Gasteiger partial charge in [-0.25, -0.2) is 4.79 Å². The zero-order chi connectivity index (χ0) is 28.7. The summed E-state index contributed by atoms with van der Waals surface area (Å²) in [6, 6.07) is 10.9. The van der Waals surface area contributed by atoms with Crippen LogP contribution in [0.2, 0.25) is 0 Å². The predicted molar refractivity (Wildman–Crippen MR) is 150 cm³/mol. The number of aromatic nitrogens is 2. The Morgan fingerprint density at radius 1 is 1.17 bits per heavy atom. The fourth-order valence-electron chi connectivity index (χ4n) is 4.62. The lowest BCUT2D eigenvalue weighted by molar-refractivity contribution is -0.137. The lowest BCUT2D eigenvalue weighted by Crippen LogP contribution is -2.39. The topological polar surface area (TPSA) is 118 Å². The Labute approximate surface area is 242 Å². The molecule has 0 spiro atoms. The van der Waals surface area contributed by atoms with E-state index in [1.165, 1.54) is 7.11 Å². The second-order valence-electron chi connectivity index (χ2n) is 9.56. The Bertz CT molecular complexity index is 1320. The van der Waals surface area contributed by atoms with Gasteiger partial charge < -0.3 is 30.5 Å². The van der Waals surface area contributed by atoms with Crippen molar-refractivity contribution < 1.29 is 32.5 Å². The average molecular weight is 596 g/mol. The van der Waals surface area contributed by atoms with Crippen LogP contribution in [0.1, 0.15) is 40.7 Å². The summed E-state index contributed by atoms with van der Waals surface area (Å²) >= 11 is 0. The van der Waals surface area contributed by atoms with Crippen LogP contribution in [0.5, 0.6) is 5.75 Å². The number of ether oxygens (including phenoxy) is 2. The smallest absolute Gasteiger partial charge is 0.416 e. The number of amides is 1. The average Bonchev–Trinajstić information content (AvgIpc) is 2.93. The van der Waals surface area contributed by atoms with E-state index < -0.39 is 23.6 Å². The second kappa shape index (κ2) is 14.3. The number of alkyl carbamates (subject to hydrolysis) is 1. The van der Waals surface area contributed by atoms with Gasteiger partial charge in [-0.05, 0) is 55.1 Å². The summed E-state index contributed by atoms with van der Waals surface area (Å²) in [7, 11) is 1.35. The number of phenols is 1. The van der Waals surface area contributed by atoms with E-state index in [1.807, 2.05) is 30.3 Å². The van der Waals surface area contributed by atoms with Crippen LogP contribution in [-0.2, 0) is 35.4 Å². The molecule has 13 heteroatoms. The Morgan fingerprint density at radius 3 is 2.59 bits per heavy atom. The van der Waals surface area contributed by atoms with E-state index in [0.717, 1.165) is 31.0 Å². The zero-order valence-electron chi connectivity index (χ0n) is 22.7. The first kappa shape index (κ1) is 31.9. The number of carbonyl (C=O) groups is 1. The van der Waals surface area contributed by atoms with Crippen LogP contribution in [-0.4, -0.2) is 47.6 Å². The van der Waals surface area contributed by atoms with Crippen molar-refractivity contribution in [3.8, 4) is 17.0 Å². The highest BCUT2D eigenvalue weighted by atomic mass is 35.5. The Kier molecular flexibility index (Phi) is 11.2. The van der Waals surface area contributed by atoms with Gasteiger partial charge in [-0.3, -0.25) is 0 Å². The molecule has 0 bridgehead atoms. The van der Waals surface area contributed by atoms with E-state index >= 15 is 0 Å². The third-order valence-corrected chi connectivity index (χ3v) is 6.67. The Hall–Kier alpha value is -3.61. The zero-order valence-corrected chi connectivity index (χ0v) is 23.5. The van der Waals surface area contributed by atoms with E-state index in [2.05, 4.69) is 26.1 Å². The molecule has 0 aliphatic carbocycles. The molecule has 1 aliphatic heterocycles. The maximum Gasteiger partial charge on any atom is 0.416 e. The molecule has 4 rings (SSSR count). The third kappa shape index (κ3) is 8.21. The van der Waals surface area contributed by atoms with Crippen LogP contribution in [0.15, 0.2) is 42.5 Å². The SMILES string of the molecule is COCc1cc(C(F)(F)F)cc(O)c1-c1nnc(N[C@@H]2CCCNC2)c(CNC(=O)OCc2ccccc2)c1C.Cl. The molecule has 222 valence electrons. The summed E-state index contributed by atoms with van der Waals surface area (Å²) in [6.07, 6.45) is -3.43. The van der Waals surface area contributed by atoms with Gasteiger partial charge in [0.15, 0.2) is 5.82 Å². The van der Waals surface area contributed by atoms with Crippen molar-refractivity contribution in [2.75, 3.05) is 25.5 Å². The van der Waals surface area contributed by atoms with Crippen molar-refractivity contribution in [2.24, 2.45) is 0 Å². The molecular weight excluding hydrogens is 563 g/mol. The standard InChI is InChI=1S/C28H32F3N5O4.ClH/c1-17-22(14-33-27(38)40-15-18-7-4-3-5-8-18)26(34-21-9-6-10-32-13-21)36-35-25(17)24-19(16-39-2)11-20(12-23(24)37)28(29,30)31;/h3-5,7-8,11-12,21,32,37H,6,9-10,13-16H2,1-2H3,(H,33,38)(H,34,36);1H/t21-;/m1./s1. The van der Waals surface area contributed by atoms with E-state index in [0.29, 0.717) is 29.6 Å². The molecule has 1 aromatic heterocycles. The van der Waals surface area contributed by atoms with Crippen LogP contribution in [0, 0.1) is 6.92 Å². The van der Waals surface area contributed by atoms with Crippen molar-refractivity contribution in [3.63, 3.8) is 0 Å². The van der Waals surface area contributed by atoms with Crippen molar-refractivity contribution in [2.45, 2.75) is 51.7 Å². The summed E-state index contributed by atoms with van der Waals surface area (Å²) in [4.78, 5) is 12.5. The molecular formula is C28H33ClF3N5O4. The molecule has 4 N–H and O–H groups in total. The number of alkyl halides is 3. The number of hydrogen-bond donors (Lipinski definition) is 4. The van der Waals surface area contributed by atoms with Crippen LogP contribution in [0.3, 0.4) is 0 Å². The maximum absolute atomic E-state index is 13.4. The van der Waals surface area contributed by atoms with Gasteiger partial charge in [0.1, 0.15) is 18.1 Å². The van der Waals surface area contributed by atoms with Gasteiger partial charge in [-0.2, -0.15) is 13.2 Å². The van der Waals surface area contributed by atoms with E-state index in [4.69, 9.17) is 9.47 Å². The molecule has 2 aromatic carbocycles. The van der Waals surface area contributed by atoms with E-state index in [9.17, 15) is 23.1 Å². The van der Waals surface area contributed by atoms with Gasteiger partial charge in [0, 0.05) is 30.8 Å². The molecule has 3 aromatic rings. The largest absolute Gasteiger partial charge is 0.507 e. The number of phenolic OH excluding ortho intramolecular Hbond substituents is 1. The van der Waals surface area contributed by atoms with Crippen molar-refractivity contribution in [3.05, 3.63) is 70.3 Å². The minimum atomic E-state index is -4.66. The summed E-state index contributed by atoms with van der Waals surface area (Å²) in [5, 5.41) is 28.8. The summed E-state index contributed by atoms with van der Waals surface area (Å²) in [6.45, 7) is 3.25. The summed E-state index contributed by atoms with van der Waals surface area (Å²) < 4.78 is 50.8. The highest BCUT2D eigenvalue weighted by Gasteiger charge is 2.33. The molecule has 9 nitrogen and oxygen atoms in total. The molecule has 2 heterocycles. The molecule has 1 atom stereocenters. The maximum atomic E-state index is 13.4. The first-order valence-corrected chi connectivity index (χ1v) is 12.9. The minimum Gasteiger partial charge on any atom is -0.507 e. The molecule has 0 radical (unpaired) electrons. The molecule has 41 heavy (non-hydrogen) atoms. The molecule has 1 saturated heterocycles. The van der Waals surface area contributed by atoms with E-state index in [-0.39, 0.29) is 55.0 Å². The quantitative estimate of drug-likeness (QED) is 0.262. The fraction of sp³-hybridized carbons (Fsp3) is 0.393. The Balaban J connectivity index is 0.00000462. The van der Waals surface area contributed by atoms with Gasteiger partial charge in [0.25, 0.3) is 0 Å². The van der Waals surface area contributed by atoms with Crippen LogP contribution in [0.25, 0.3) is 11.3 Å². The fourth-order valence-corrected chi connectivity index (χ4v) is 4.62. The van der Waals surface area contributed by atoms with Crippen LogP contribution in [0.4, 0.5) is 23.8 Å². The number of methoxy groups -OCH3 is 1. The first-order valence-electron chi connectivity index (χ1n) is 12.9. The number of rotatable bonds is 9. The van der Waals surface area contributed by atoms with Crippen molar-refractivity contribution in [1.82, 2.24) is 20.8 Å². The summed E-state index contributed by atoms with van der Waals surface area (Å²) in [5.41, 5.74) is 1.28. The van der Waals surface area contributed by atoms with Crippen molar-refractivity contribution in [1.29, 1.82) is 0 Å². The normalized spacial score (nSPS) is 15.1. The van der Waals surface area contributed by atoms with Gasteiger partial charge in [0.2, 0.25) is 0 Å². The number of hydrogen-bond acceptors (Lipinski definition) is 8. The van der Waals surface area contributed by atoms with Gasteiger partial charge >= 0.3 is 12.3 Å².